The molecule has 0 saturated carbocycles. The standard InChI is InChI=1S/C25H30N2O/c1-16(2)21-13-18(5)14-22(17(3)4)24(21)27-11-10-26-25(27)20-8-9-23-19(15-20)7-6-12-28-23/h8-11,13-17H,6-7,12H2,1-5H3. The molecule has 0 amide bonds. The summed E-state index contributed by atoms with van der Waals surface area (Å²) in [6.45, 7) is 12.1. The van der Waals surface area contributed by atoms with Gasteiger partial charge in [0.15, 0.2) is 0 Å². The second-order valence-corrected chi connectivity index (χ2v) is 8.50. The van der Waals surface area contributed by atoms with E-state index in [9.17, 15) is 0 Å². The van der Waals surface area contributed by atoms with Crippen molar-refractivity contribution in [1.82, 2.24) is 9.55 Å². The van der Waals surface area contributed by atoms with Crippen molar-refractivity contribution in [3.8, 4) is 22.8 Å². The second-order valence-electron chi connectivity index (χ2n) is 8.50. The van der Waals surface area contributed by atoms with Crippen LogP contribution in [0.25, 0.3) is 17.1 Å². The maximum absolute atomic E-state index is 5.80. The van der Waals surface area contributed by atoms with Crippen LogP contribution in [0.1, 0.15) is 68.2 Å². The number of imidazole rings is 1. The number of aromatic nitrogens is 2. The van der Waals surface area contributed by atoms with Gasteiger partial charge < -0.3 is 4.74 Å². The largest absolute Gasteiger partial charge is 0.493 e. The summed E-state index contributed by atoms with van der Waals surface area (Å²) >= 11 is 0. The molecular weight excluding hydrogens is 344 g/mol. The fourth-order valence-corrected chi connectivity index (χ4v) is 4.19. The summed E-state index contributed by atoms with van der Waals surface area (Å²) < 4.78 is 8.08. The first-order valence-electron chi connectivity index (χ1n) is 10.4. The summed E-state index contributed by atoms with van der Waals surface area (Å²) in [4.78, 5) is 4.76. The lowest BCUT2D eigenvalue weighted by atomic mass is 9.90. The number of benzene rings is 2. The molecule has 0 N–H and O–H groups in total. The average molecular weight is 375 g/mol. The molecule has 0 unspecified atom stereocenters. The fraction of sp³-hybridized carbons (Fsp3) is 0.400. The molecule has 4 rings (SSSR count). The zero-order valence-corrected chi connectivity index (χ0v) is 17.6. The molecule has 0 radical (unpaired) electrons. The lowest BCUT2D eigenvalue weighted by molar-refractivity contribution is 0.288. The molecule has 2 heterocycles. The molecule has 3 aromatic rings. The Morgan fingerprint density at radius 2 is 1.71 bits per heavy atom. The van der Waals surface area contributed by atoms with E-state index in [0.29, 0.717) is 11.8 Å². The smallest absolute Gasteiger partial charge is 0.144 e. The molecule has 0 bridgehead atoms. The third-order valence-corrected chi connectivity index (χ3v) is 5.61. The lowest BCUT2D eigenvalue weighted by Gasteiger charge is -2.23. The third-order valence-electron chi connectivity index (χ3n) is 5.61. The summed E-state index contributed by atoms with van der Waals surface area (Å²) in [5, 5.41) is 0. The Bertz CT molecular complexity index is 969. The van der Waals surface area contributed by atoms with Gasteiger partial charge in [0.1, 0.15) is 11.6 Å². The first-order chi connectivity index (χ1) is 13.5. The Morgan fingerprint density at radius 1 is 1.00 bits per heavy atom. The monoisotopic (exact) mass is 374 g/mol. The van der Waals surface area contributed by atoms with E-state index in [4.69, 9.17) is 9.72 Å². The molecule has 0 saturated heterocycles. The molecule has 0 aliphatic carbocycles. The van der Waals surface area contributed by atoms with Gasteiger partial charge in [0.05, 0.1) is 12.3 Å². The molecule has 0 atom stereocenters. The van der Waals surface area contributed by atoms with Crippen LogP contribution in [0.4, 0.5) is 0 Å². The van der Waals surface area contributed by atoms with E-state index in [-0.39, 0.29) is 0 Å². The molecule has 1 aliphatic rings. The Kier molecular flexibility index (Phi) is 5.01. The van der Waals surface area contributed by atoms with E-state index in [0.717, 1.165) is 36.6 Å². The van der Waals surface area contributed by atoms with Crippen molar-refractivity contribution in [2.24, 2.45) is 0 Å². The van der Waals surface area contributed by atoms with E-state index >= 15 is 0 Å². The Hall–Kier alpha value is -2.55. The van der Waals surface area contributed by atoms with Crippen LogP contribution in [-0.2, 0) is 6.42 Å². The minimum Gasteiger partial charge on any atom is -0.493 e. The molecule has 28 heavy (non-hydrogen) atoms. The zero-order chi connectivity index (χ0) is 19.8. The quantitative estimate of drug-likeness (QED) is 0.527. The molecule has 1 aliphatic heterocycles. The Labute approximate surface area is 168 Å². The number of hydrogen-bond acceptors (Lipinski definition) is 2. The summed E-state index contributed by atoms with van der Waals surface area (Å²) in [5.41, 5.74) is 7.81. The molecule has 3 nitrogen and oxygen atoms in total. The summed E-state index contributed by atoms with van der Waals surface area (Å²) in [6, 6.07) is 11.2. The van der Waals surface area contributed by atoms with Crippen LogP contribution in [0, 0.1) is 6.92 Å². The van der Waals surface area contributed by atoms with Gasteiger partial charge in [-0.25, -0.2) is 4.98 Å². The number of aryl methyl sites for hydroxylation is 2. The third kappa shape index (κ3) is 3.34. The van der Waals surface area contributed by atoms with Gasteiger partial charge in [-0.05, 0) is 66.5 Å². The molecule has 2 aromatic carbocycles. The number of ether oxygens (including phenoxy) is 1. The van der Waals surface area contributed by atoms with Crippen LogP contribution >= 0.6 is 0 Å². The van der Waals surface area contributed by atoms with E-state index in [1.807, 2.05) is 6.20 Å². The van der Waals surface area contributed by atoms with Crippen LogP contribution in [0.15, 0.2) is 42.7 Å². The molecular formula is C25H30N2O. The number of hydrogen-bond donors (Lipinski definition) is 0. The Morgan fingerprint density at radius 3 is 2.39 bits per heavy atom. The molecule has 0 spiro atoms. The topological polar surface area (TPSA) is 27.1 Å². The average Bonchev–Trinajstić information content (AvgIpc) is 3.16. The highest BCUT2D eigenvalue weighted by Gasteiger charge is 2.20. The van der Waals surface area contributed by atoms with Gasteiger partial charge in [-0.3, -0.25) is 4.57 Å². The first-order valence-corrected chi connectivity index (χ1v) is 10.4. The van der Waals surface area contributed by atoms with Gasteiger partial charge in [0, 0.05) is 18.0 Å². The fourth-order valence-electron chi connectivity index (χ4n) is 4.19. The van der Waals surface area contributed by atoms with Crippen molar-refractivity contribution in [2.45, 2.75) is 59.3 Å². The number of rotatable bonds is 4. The highest BCUT2D eigenvalue weighted by molar-refractivity contribution is 5.65. The zero-order valence-electron chi connectivity index (χ0n) is 17.6. The van der Waals surface area contributed by atoms with E-state index in [1.165, 1.54) is 27.9 Å². The van der Waals surface area contributed by atoms with Crippen LogP contribution in [0.3, 0.4) is 0 Å². The van der Waals surface area contributed by atoms with E-state index in [2.05, 4.69) is 75.7 Å². The predicted molar refractivity (Wildman–Crippen MR) is 116 cm³/mol. The maximum atomic E-state index is 5.80. The van der Waals surface area contributed by atoms with Gasteiger partial charge in [-0.1, -0.05) is 45.4 Å². The predicted octanol–water partition coefficient (Wildman–Crippen LogP) is 6.42. The van der Waals surface area contributed by atoms with Crippen molar-refractivity contribution in [2.75, 3.05) is 6.61 Å². The van der Waals surface area contributed by atoms with Crippen molar-refractivity contribution < 1.29 is 4.74 Å². The van der Waals surface area contributed by atoms with Gasteiger partial charge in [0.2, 0.25) is 0 Å². The summed E-state index contributed by atoms with van der Waals surface area (Å²) in [5.74, 6) is 2.91. The minimum absolute atomic E-state index is 0.444. The minimum atomic E-state index is 0.444. The van der Waals surface area contributed by atoms with E-state index in [1.54, 1.807) is 0 Å². The van der Waals surface area contributed by atoms with Gasteiger partial charge >= 0.3 is 0 Å². The lowest BCUT2D eigenvalue weighted by Crippen LogP contribution is -2.10. The molecule has 1 aromatic heterocycles. The summed E-state index contributed by atoms with van der Waals surface area (Å²) in [6.07, 6.45) is 6.17. The second kappa shape index (κ2) is 7.46. The van der Waals surface area contributed by atoms with Crippen molar-refractivity contribution in [3.63, 3.8) is 0 Å². The normalized spacial score (nSPS) is 13.7. The van der Waals surface area contributed by atoms with Crippen LogP contribution in [0.2, 0.25) is 0 Å². The number of nitrogens with zero attached hydrogens (tertiary/aromatic N) is 2. The van der Waals surface area contributed by atoms with Gasteiger partial charge in [0.25, 0.3) is 0 Å². The maximum Gasteiger partial charge on any atom is 0.144 e. The van der Waals surface area contributed by atoms with Crippen molar-refractivity contribution in [3.05, 3.63) is 65.0 Å². The van der Waals surface area contributed by atoms with Gasteiger partial charge in [-0.2, -0.15) is 0 Å². The SMILES string of the molecule is Cc1cc(C(C)C)c(-n2ccnc2-c2ccc3c(c2)CCCO3)c(C(C)C)c1. The molecule has 0 fully saturated rings. The highest BCUT2D eigenvalue weighted by atomic mass is 16.5. The van der Waals surface area contributed by atoms with Gasteiger partial charge in [-0.15, -0.1) is 0 Å². The molecule has 3 heteroatoms. The Balaban J connectivity index is 1.91. The van der Waals surface area contributed by atoms with Crippen LogP contribution < -0.4 is 4.74 Å². The summed E-state index contributed by atoms with van der Waals surface area (Å²) in [7, 11) is 0. The molecule has 146 valence electrons. The first kappa shape index (κ1) is 18.8. The van der Waals surface area contributed by atoms with Crippen LogP contribution in [-0.4, -0.2) is 16.2 Å². The van der Waals surface area contributed by atoms with Crippen molar-refractivity contribution >= 4 is 0 Å². The number of fused-ring (bicyclic) bond motifs is 1. The van der Waals surface area contributed by atoms with Crippen LogP contribution in [0.5, 0.6) is 5.75 Å². The highest BCUT2D eigenvalue weighted by Crippen LogP contribution is 2.36. The van der Waals surface area contributed by atoms with Crippen molar-refractivity contribution in [1.29, 1.82) is 0 Å². The van der Waals surface area contributed by atoms with E-state index < -0.39 is 0 Å².